The number of carbonyl (C=O) groups is 2. The third kappa shape index (κ3) is 9.79. The number of alkyl halides is 6. The van der Waals surface area contributed by atoms with E-state index in [-0.39, 0.29) is 12.0 Å². The lowest BCUT2D eigenvalue weighted by atomic mass is 9.95. The summed E-state index contributed by atoms with van der Waals surface area (Å²) < 4.78 is 80.4. The van der Waals surface area contributed by atoms with Crippen molar-refractivity contribution in [3.8, 4) is 0 Å². The van der Waals surface area contributed by atoms with Crippen LogP contribution in [0.15, 0.2) is 12.2 Å². The number of esters is 1. The Morgan fingerprint density at radius 3 is 1.94 bits per heavy atom. The van der Waals surface area contributed by atoms with Crippen molar-refractivity contribution in [3.05, 3.63) is 12.2 Å². The van der Waals surface area contributed by atoms with Crippen molar-refractivity contribution in [1.29, 1.82) is 0 Å². The molecular weight excluding hydrogens is 446 g/mol. The molecule has 0 radical (unpaired) electrons. The van der Waals surface area contributed by atoms with Crippen molar-refractivity contribution in [2.75, 3.05) is 0 Å². The molecule has 0 spiro atoms. The highest BCUT2D eigenvalue weighted by molar-refractivity contribution is 5.84. The quantitative estimate of drug-likeness (QED) is 0.248. The summed E-state index contributed by atoms with van der Waals surface area (Å²) in [5.74, 6) is -0.593. The number of ether oxygens (including phenoxy) is 1. The Balaban J connectivity index is 0.00000140. The molecule has 1 aliphatic carbocycles. The zero-order valence-electron chi connectivity index (χ0n) is 18.5. The predicted octanol–water partition coefficient (Wildman–Crippen LogP) is 5.81. The summed E-state index contributed by atoms with van der Waals surface area (Å²) in [5, 5.41) is 17.0. The number of hydrogen-bond donors (Lipinski definition) is 2. The summed E-state index contributed by atoms with van der Waals surface area (Å²) >= 11 is 0. The Kier molecular flexibility index (Phi) is 11.8. The van der Waals surface area contributed by atoms with Gasteiger partial charge in [-0.1, -0.05) is 32.8 Å². The standard InChI is InChI=1S/C17H26F6O3.C4H6O2/c1-3-12-7-8-13(9-12)5-4-6-14(24)26-11(2)10-15(25,16(18,19)20)17(21,22)23;1-3(2)4(5)6/h11-13,25H,3-10H2,1-2H3;1H2,2H3,(H,5,6). The summed E-state index contributed by atoms with van der Waals surface area (Å²) in [6.45, 7) is 7.63. The first-order valence-corrected chi connectivity index (χ1v) is 10.4. The Bertz CT molecular complexity index is 603. The van der Waals surface area contributed by atoms with Crippen molar-refractivity contribution >= 4 is 11.9 Å². The van der Waals surface area contributed by atoms with Crippen LogP contribution in [0.4, 0.5) is 26.3 Å². The third-order valence-corrected chi connectivity index (χ3v) is 5.44. The van der Waals surface area contributed by atoms with E-state index in [4.69, 9.17) is 10.2 Å². The number of halogens is 6. The lowest BCUT2D eigenvalue weighted by Gasteiger charge is -2.33. The van der Waals surface area contributed by atoms with Gasteiger partial charge in [0, 0.05) is 18.4 Å². The van der Waals surface area contributed by atoms with Crippen LogP contribution < -0.4 is 0 Å². The van der Waals surface area contributed by atoms with E-state index in [2.05, 4.69) is 18.2 Å². The highest BCUT2D eigenvalue weighted by Crippen LogP contribution is 2.46. The van der Waals surface area contributed by atoms with Gasteiger partial charge < -0.3 is 14.9 Å². The third-order valence-electron chi connectivity index (χ3n) is 5.44. The molecule has 1 fully saturated rings. The monoisotopic (exact) mass is 478 g/mol. The largest absolute Gasteiger partial charge is 0.478 e. The van der Waals surface area contributed by atoms with Crippen molar-refractivity contribution in [2.45, 2.75) is 96.2 Å². The molecule has 3 atom stereocenters. The molecule has 1 saturated carbocycles. The number of carboxylic acids is 1. The van der Waals surface area contributed by atoms with Crippen LogP contribution in [0.2, 0.25) is 0 Å². The molecule has 1 rings (SSSR count). The van der Waals surface area contributed by atoms with Gasteiger partial charge in [0.2, 0.25) is 0 Å². The van der Waals surface area contributed by atoms with E-state index in [1.807, 2.05) is 0 Å². The van der Waals surface area contributed by atoms with Gasteiger partial charge in [-0.3, -0.25) is 4.79 Å². The molecule has 0 bridgehead atoms. The Hall–Kier alpha value is -1.78. The molecule has 5 nitrogen and oxygen atoms in total. The molecule has 0 heterocycles. The molecule has 0 saturated heterocycles. The molecule has 1 aliphatic rings. The van der Waals surface area contributed by atoms with Gasteiger partial charge in [0.25, 0.3) is 5.60 Å². The van der Waals surface area contributed by atoms with Gasteiger partial charge in [-0.15, -0.1) is 0 Å². The summed E-state index contributed by atoms with van der Waals surface area (Å²) in [5.41, 5.74) is -4.73. The van der Waals surface area contributed by atoms with Gasteiger partial charge in [-0.2, -0.15) is 26.3 Å². The van der Waals surface area contributed by atoms with Crippen molar-refractivity contribution < 1.29 is 50.9 Å². The molecular formula is C21H32F6O5. The number of aliphatic carboxylic acids is 1. The second-order valence-electron chi connectivity index (χ2n) is 8.29. The van der Waals surface area contributed by atoms with Gasteiger partial charge in [0.1, 0.15) is 6.10 Å². The van der Waals surface area contributed by atoms with Gasteiger partial charge in [0.15, 0.2) is 0 Å². The van der Waals surface area contributed by atoms with E-state index in [1.165, 1.54) is 6.92 Å². The number of carbonyl (C=O) groups excluding carboxylic acids is 1. The van der Waals surface area contributed by atoms with Crippen molar-refractivity contribution in [3.63, 3.8) is 0 Å². The van der Waals surface area contributed by atoms with Crippen LogP contribution >= 0.6 is 0 Å². The molecule has 0 amide bonds. The molecule has 3 unspecified atom stereocenters. The lowest BCUT2D eigenvalue weighted by Crippen LogP contribution is -2.58. The summed E-state index contributed by atoms with van der Waals surface area (Å²) in [7, 11) is 0. The minimum absolute atomic E-state index is 0.0614. The maximum absolute atomic E-state index is 12.6. The fourth-order valence-corrected chi connectivity index (χ4v) is 3.48. The highest BCUT2D eigenvalue weighted by atomic mass is 19.4. The molecule has 0 aliphatic heterocycles. The fraction of sp³-hybridized carbons (Fsp3) is 0.810. The number of hydrogen-bond acceptors (Lipinski definition) is 4. The van der Waals surface area contributed by atoms with Gasteiger partial charge in [0.05, 0.1) is 0 Å². The second kappa shape index (κ2) is 12.5. The van der Waals surface area contributed by atoms with E-state index in [0.29, 0.717) is 18.3 Å². The SMILES string of the molecule is C=C(C)C(=O)O.CCC1CCC(CCCC(=O)OC(C)CC(O)(C(F)(F)F)C(F)(F)F)C1. The zero-order chi connectivity index (χ0) is 25.3. The van der Waals surface area contributed by atoms with E-state index >= 15 is 0 Å². The first-order chi connectivity index (χ1) is 14.4. The highest BCUT2D eigenvalue weighted by Gasteiger charge is 2.70. The maximum Gasteiger partial charge on any atom is 0.426 e. The van der Waals surface area contributed by atoms with Gasteiger partial charge in [-0.25, -0.2) is 4.79 Å². The van der Waals surface area contributed by atoms with E-state index in [9.17, 15) is 35.9 Å². The van der Waals surface area contributed by atoms with Crippen LogP contribution in [-0.4, -0.2) is 46.2 Å². The Morgan fingerprint density at radius 1 is 1.09 bits per heavy atom. The molecule has 2 N–H and O–H groups in total. The summed E-state index contributed by atoms with van der Waals surface area (Å²) in [6, 6.07) is 0. The van der Waals surface area contributed by atoms with Crippen molar-refractivity contribution in [2.24, 2.45) is 11.8 Å². The number of carboxylic acid groups (broad SMARTS) is 1. The van der Waals surface area contributed by atoms with Crippen LogP contribution in [0.3, 0.4) is 0 Å². The van der Waals surface area contributed by atoms with Crippen LogP contribution in [0.25, 0.3) is 0 Å². The second-order valence-corrected chi connectivity index (χ2v) is 8.29. The molecule has 32 heavy (non-hydrogen) atoms. The van der Waals surface area contributed by atoms with Crippen LogP contribution in [-0.2, 0) is 14.3 Å². The molecule has 0 aromatic rings. The first-order valence-electron chi connectivity index (χ1n) is 10.4. The normalized spacial score (nSPS) is 20.2. The van der Waals surface area contributed by atoms with Gasteiger partial charge in [-0.05, 0) is 44.9 Å². The number of aliphatic hydroxyl groups is 1. The van der Waals surface area contributed by atoms with Crippen molar-refractivity contribution in [1.82, 2.24) is 0 Å². The minimum Gasteiger partial charge on any atom is -0.478 e. The smallest absolute Gasteiger partial charge is 0.426 e. The van der Waals surface area contributed by atoms with Crippen LogP contribution in [0.1, 0.15) is 72.1 Å². The van der Waals surface area contributed by atoms with Gasteiger partial charge >= 0.3 is 24.3 Å². The molecule has 0 aromatic carbocycles. The predicted molar refractivity (Wildman–Crippen MR) is 105 cm³/mol. The lowest BCUT2D eigenvalue weighted by molar-refractivity contribution is -0.373. The summed E-state index contributed by atoms with van der Waals surface area (Å²) in [4.78, 5) is 21.3. The van der Waals surface area contributed by atoms with Crippen LogP contribution in [0.5, 0.6) is 0 Å². The summed E-state index contributed by atoms with van der Waals surface area (Å²) in [6.07, 6.45) is -9.69. The fourth-order valence-electron chi connectivity index (χ4n) is 3.48. The molecule has 0 aromatic heterocycles. The van der Waals surface area contributed by atoms with E-state index in [1.54, 1.807) is 0 Å². The average molecular weight is 478 g/mol. The van der Waals surface area contributed by atoms with E-state index < -0.39 is 42.4 Å². The average Bonchev–Trinajstić information content (AvgIpc) is 3.08. The topological polar surface area (TPSA) is 83.8 Å². The van der Waals surface area contributed by atoms with Crippen LogP contribution in [0, 0.1) is 11.8 Å². The number of rotatable bonds is 9. The Morgan fingerprint density at radius 2 is 1.56 bits per heavy atom. The molecule has 188 valence electrons. The Labute approximate surface area is 183 Å². The minimum atomic E-state index is -5.91. The zero-order valence-corrected chi connectivity index (χ0v) is 18.5. The van der Waals surface area contributed by atoms with E-state index in [0.717, 1.165) is 39.0 Å². The molecule has 11 heteroatoms. The maximum atomic E-state index is 12.6. The first kappa shape index (κ1) is 30.2.